The molecule has 2 aromatic rings. The predicted molar refractivity (Wildman–Crippen MR) is 86.3 cm³/mol. The van der Waals surface area contributed by atoms with E-state index in [4.69, 9.17) is 0 Å². The summed E-state index contributed by atoms with van der Waals surface area (Å²) in [5, 5.41) is 0. The van der Waals surface area contributed by atoms with Crippen molar-refractivity contribution in [2.24, 2.45) is 0 Å². The van der Waals surface area contributed by atoms with Crippen molar-refractivity contribution in [2.45, 2.75) is 3.32 Å². The minimum atomic E-state index is -3.10. The van der Waals surface area contributed by atoms with Crippen LogP contribution >= 0.6 is 22.6 Å². The lowest BCUT2D eigenvalue weighted by molar-refractivity contribution is 0.0881. The number of Topliss-reactive ketones (excluding diaryl/α,β-unsaturated/α-hetero) is 2. The summed E-state index contributed by atoms with van der Waals surface area (Å²) in [6.45, 7) is 0. The zero-order chi connectivity index (χ0) is 15.5. The Labute approximate surface area is 134 Å². The largest absolute Gasteiger partial charge is 0.569 e. The molecule has 2 rings (SSSR count). The Hall–Kier alpha value is -1.57. The van der Waals surface area contributed by atoms with Crippen LogP contribution in [0.1, 0.15) is 20.7 Å². The zero-order valence-corrected chi connectivity index (χ0v) is 13.0. The lowest BCUT2D eigenvalue weighted by Crippen LogP contribution is -2.50. The zero-order valence-electron chi connectivity index (χ0n) is 10.8. The van der Waals surface area contributed by atoms with Crippen molar-refractivity contribution in [1.29, 1.82) is 0 Å². The predicted octanol–water partition coefficient (Wildman–Crippen LogP) is 3.89. The van der Waals surface area contributed by atoms with Gasteiger partial charge in [-0.2, -0.15) is 0 Å². The molecule has 0 bridgehead atoms. The number of hydrogen-bond acceptors (Lipinski definition) is 2. The van der Waals surface area contributed by atoms with Crippen LogP contribution in [0, 0.1) is 0 Å². The Balaban J connectivity index is 2.47. The first-order chi connectivity index (χ1) is 9.98. The third-order valence-corrected chi connectivity index (χ3v) is 4.48. The van der Waals surface area contributed by atoms with E-state index in [1.165, 1.54) is 46.9 Å². The second kappa shape index (κ2) is 6.47. The van der Waals surface area contributed by atoms with Crippen molar-refractivity contribution in [3.63, 3.8) is 0 Å². The Bertz CT molecular complexity index is 596. The molecule has 0 spiro atoms. The van der Waals surface area contributed by atoms with Crippen molar-refractivity contribution in [2.75, 3.05) is 0 Å². The highest BCUT2D eigenvalue weighted by Gasteiger charge is 2.56. The van der Waals surface area contributed by atoms with E-state index >= 15 is 0 Å². The maximum absolute atomic E-state index is 13.5. The van der Waals surface area contributed by atoms with Gasteiger partial charge in [0.15, 0.2) is 14.9 Å². The van der Waals surface area contributed by atoms with Gasteiger partial charge in [0.1, 0.15) is 0 Å². The van der Waals surface area contributed by atoms with Gasteiger partial charge in [-0.3, -0.25) is 18.2 Å². The van der Waals surface area contributed by atoms with Crippen LogP contribution in [0.25, 0.3) is 0 Å². The Morgan fingerprint density at radius 3 is 1.43 bits per heavy atom. The maximum atomic E-state index is 13.5. The molecular weight excluding hydrogens is 388 g/mol. The molecule has 106 valence electrons. The first kappa shape index (κ1) is 15.8. The van der Waals surface area contributed by atoms with Crippen LogP contribution in [0.5, 0.6) is 0 Å². The van der Waals surface area contributed by atoms with Crippen LogP contribution in [0.15, 0.2) is 60.7 Å². The van der Waals surface area contributed by atoms with E-state index in [1.807, 2.05) is 0 Å². The van der Waals surface area contributed by atoms with Gasteiger partial charge in [0.05, 0.1) is 0 Å². The monoisotopic (exact) mass is 398 g/mol. The molecule has 0 N–H and O–H groups in total. The molecule has 0 heterocycles. The van der Waals surface area contributed by atoms with Gasteiger partial charge < -0.3 is 0 Å². The fourth-order valence-corrected chi connectivity index (χ4v) is 2.52. The number of carbonyl (C=O) groups excluding carboxylic acids is 2. The summed E-state index contributed by atoms with van der Waals surface area (Å²) in [5.74, 6) is -1.76. The number of carbonyl (C=O) groups is 2. The molecule has 0 amide bonds. The van der Waals surface area contributed by atoms with Crippen LogP contribution < -0.4 is 0 Å². The van der Waals surface area contributed by atoms with E-state index in [0.29, 0.717) is 0 Å². The van der Waals surface area contributed by atoms with Crippen molar-refractivity contribution < 1.29 is 18.2 Å². The normalized spacial score (nSPS) is 11.0. The molecule has 0 aliphatic heterocycles. The fourth-order valence-electron chi connectivity index (χ4n) is 1.90. The van der Waals surface area contributed by atoms with Gasteiger partial charge in [-0.05, 0) is 0 Å². The molecule has 0 radical (unpaired) electrons. The Morgan fingerprint density at radius 1 is 0.810 bits per heavy atom. The van der Waals surface area contributed by atoms with E-state index in [0.717, 1.165) is 0 Å². The summed E-state index contributed by atoms with van der Waals surface area (Å²) in [5.41, 5.74) is 0.188. The highest BCUT2D eigenvalue weighted by molar-refractivity contribution is 14.1. The lowest BCUT2D eigenvalue weighted by Gasteiger charge is -2.21. The summed E-state index contributed by atoms with van der Waals surface area (Å²) in [7, 11) is -3.10. The number of hydrogen-bond donors (Lipinski definition) is 0. The van der Waals surface area contributed by atoms with E-state index in [-0.39, 0.29) is 11.1 Å². The number of benzene rings is 2. The van der Waals surface area contributed by atoms with Crippen LogP contribution in [0.2, 0.25) is 0 Å². The molecule has 0 saturated carbocycles. The molecule has 0 aliphatic carbocycles. The van der Waals surface area contributed by atoms with Crippen LogP contribution in [0.4, 0.5) is 8.63 Å². The molecule has 0 saturated heterocycles. The highest BCUT2D eigenvalue weighted by Crippen LogP contribution is 2.32. The third-order valence-electron chi connectivity index (χ3n) is 3.03. The summed E-state index contributed by atoms with van der Waals surface area (Å²) in [6, 6.07) is 15.3. The molecule has 21 heavy (non-hydrogen) atoms. The topological polar surface area (TPSA) is 34.1 Å². The molecule has 0 atom stereocenters. The Morgan fingerprint density at radius 2 is 1.14 bits per heavy atom. The second-order valence-corrected chi connectivity index (χ2v) is 6.10. The van der Waals surface area contributed by atoms with Gasteiger partial charge >= 0.3 is 7.27 Å². The van der Waals surface area contributed by atoms with Crippen LogP contribution in [0.3, 0.4) is 0 Å². The first-order valence-electron chi connectivity index (χ1n) is 6.14. The van der Waals surface area contributed by atoms with E-state index in [1.54, 1.807) is 36.4 Å². The Kier molecular flexibility index (Phi) is 4.87. The average Bonchev–Trinajstić information content (AvgIpc) is 2.54. The van der Waals surface area contributed by atoms with Gasteiger partial charge in [0.25, 0.3) is 0 Å². The molecule has 2 aromatic carbocycles. The lowest BCUT2D eigenvalue weighted by atomic mass is 9.69. The molecule has 0 fully saturated rings. The average molecular weight is 398 g/mol. The summed E-state index contributed by atoms with van der Waals surface area (Å²) < 4.78 is 24.6. The standard InChI is InChI=1S/C15H10BF2IO2/c17-16(18)15(19,13(20)11-7-3-1-4-8-11)14(21)12-9-5-2-6-10-12/h1-10H. The molecule has 0 aromatic heterocycles. The fraction of sp³-hybridized carbons (Fsp3) is 0.0667. The molecule has 0 aliphatic rings. The van der Waals surface area contributed by atoms with Gasteiger partial charge in [0, 0.05) is 11.1 Å². The molecule has 6 heteroatoms. The number of halogens is 3. The number of ketones is 2. The van der Waals surface area contributed by atoms with Gasteiger partial charge in [-0.25, -0.2) is 0 Å². The summed E-state index contributed by atoms with van der Waals surface area (Å²) in [6.07, 6.45) is 0. The van der Waals surface area contributed by atoms with Crippen LogP contribution in [-0.4, -0.2) is 22.2 Å². The van der Waals surface area contributed by atoms with E-state index in [2.05, 4.69) is 0 Å². The van der Waals surface area contributed by atoms with Crippen LogP contribution in [-0.2, 0) is 0 Å². The summed E-state index contributed by atoms with van der Waals surface area (Å²) >= 11 is 1.27. The summed E-state index contributed by atoms with van der Waals surface area (Å²) in [4.78, 5) is 24.8. The van der Waals surface area contributed by atoms with Gasteiger partial charge in [-0.1, -0.05) is 83.3 Å². The van der Waals surface area contributed by atoms with Crippen molar-refractivity contribution in [3.05, 3.63) is 71.8 Å². The maximum Gasteiger partial charge on any atom is 0.569 e. The third kappa shape index (κ3) is 3.05. The second-order valence-electron chi connectivity index (χ2n) is 4.40. The minimum absolute atomic E-state index is 0.0940. The number of rotatable bonds is 5. The van der Waals surface area contributed by atoms with Crippen molar-refractivity contribution in [1.82, 2.24) is 0 Å². The van der Waals surface area contributed by atoms with Crippen molar-refractivity contribution in [3.8, 4) is 0 Å². The highest BCUT2D eigenvalue weighted by atomic mass is 127. The van der Waals surface area contributed by atoms with Gasteiger partial charge in [0.2, 0.25) is 0 Å². The van der Waals surface area contributed by atoms with Gasteiger partial charge in [-0.15, -0.1) is 0 Å². The smallest absolute Gasteiger partial charge is 0.293 e. The SMILES string of the molecule is O=C(c1ccccc1)C(I)(B(F)F)C(=O)c1ccccc1. The quantitative estimate of drug-likeness (QED) is 0.252. The molecular formula is C15H10BF2IO2. The van der Waals surface area contributed by atoms with E-state index in [9.17, 15) is 18.2 Å². The number of alkyl halides is 1. The van der Waals surface area contributed by atoms with Crippen molar-refractivity contribution >= 4 is 41.4 Å². The van der Waals surface area contributed by atoms with E-state index < -0.39 is 22.2 Å². The minimum Gasteiger partial charge on any atom is -0.293 e. The first-order valence-corrected chi connectivity index (χ1v) is 7.22. The molecule has 0 unspecified atom stereocenters. The molecule has 2 nitrogen and oxygen atoms in total.